The predicted octanol–water partition coefficient (Wildman–Crippen LogP) is 3.45. The number of aliphatic carboxylic acids is 1. The predicted molar refractivity (Wildman–Crippen MR) is 117 cm³/mol. The quantitative estimate of drug-likeness (QED) is 0.508. The molecule has 0 saturated carbocycles. The van der Waals surface area contributed by atoms with Gasteiger partial charge in [0.25, 0.3) is 11.8 Å². The van der Waals surface area contributed by atoms with Crippen LogP contribution in [0.15, 0.2) is 58.7 Å². The topological polar surface area (TPSA) is 105 Å². The van der Waals surface area contributed by atoms with Crippen LogP contribution in [-0.2, 0) is 9.59 Å². The van der Waals surface area contributed by atoms with E-state index in [4.69, 9.17) is 4.74 Å². The molecule has 0 aliphatic carbocycles. The van der Waals surface area contributed by atoms with Gasteiger partial charge in [-0.3, -0.25) is 9.59 Å². The summed E-state index contributed by atoms with van der Waals surface area (Å²) in [7, 11) is 1.44. The standard InChI is InChI=1S/C22H23BrN2O5/c1-13(2)19(22(28)29)25-21(27)17(12-14-8-10-15(23)11-9-14)24-20(26)16-6-4-5-7-18(16)30-3/h4-13,19H,1-3H3,(H,24,26)(H,25,27)(H,28,29). The first-order valence-corrected chi connectivity index (χ1v) is 9.97. The van der Waals surface area contributed by atoms with E-state index in [1.165, 1.54) is 13.2 Å². The zero-order valence-electron chi connectivity index (χ0n) is 16.8. The molecule has 0 aromatic heterocycles. The Morgan fingerprint density at radius 3 is 2.27 bits per heavy atom. The van der Waals surface area contributed by atoms with E-state index < -0.39 is 23.8 Å². The monoisotopic (exact) mass is 474 g/mol. The molecule has 2 aromatic rings. The second-order valence-electron chi connectivity index (χ2n) is 6.80. The molecule has 0 fully saturated rings. The van der Waals surface area contributed by atoms with Gasteiger partial charge in [-0.2, -0.15) is 0 Å². The zero-order chi connectivity index (χ0) is 22.3. The molecule has 158 valence electrons. The van der Waals surface area contributed by atoms with Gasteiger partial charge >= 0.3 is 5.97 Å². The van der Waals surface area contributed by atoms with E-state index in [1.807, 2.05) is 0 Å². The van der Waals surface area contributed by atoms with Crippen LogP contribution in [0.25, 0.3) is 6.08 Å². The third kappa shape index (κ3) is 6.18. The first-order valence-electron chi connectivity index (χ1n) is 9.18. The molecule has 0 heterocycles. The SMILES string of the molecule is COc1ccccc1C(=O)NC(=Cc1ccc(Br)cc1)C(=O)NC(C(=O)O)C(C)C. The van der Waals surface area contributed by atoms with Gasteiger partial charge in [0.1, 0.15) is 17.5 Å². The van der Waals surface area contributed by atoms with Crippen LogP contribution in [0.2, 0.25) is 0 Å². The van der Waals surface area contributed by atoms with Crippen LogP contribution in [-0.4, -0.2) is 36.0 Å². The second kappa shape index (κ2) is 10.6. The number of halogens is 1. The highest BCUT2D eigenvalue weighted by Gasteiger charge is 2.26. The van der Waals surface area contributed by atoms with E-state index in [2.05, 4.69) is 26.6 Å². The third-order valence-corrected chi connectivity index (χ3v) is 4.77. The van der Waals surface area contributed by atoms with E-state index in [0.29, 0.717) is 11.3 Å². The average Bonchev–Trinajstić information content (AvgIpc) is 2.72. The molecule has 0 aliphatic heterocycles. The minimum Gasteiger partial charge on any atom is -0.496 e. The highest BCUT2D eigenvalue weighted by atomic mass is 79.9. The largest absolute Gasteiger partial charge is 0.496 e. The Kier molecular flexibility index (Phi) is 8.17. The van der Waals surface area contributed by atoms with Gasteiger partial charge in [0, 0.05) is 4.47 Å². The van der Waals surface area contributed by atoms with Gasteiger partial charge in [0.05, 0.1) is 12.7 Å². The van der Waals surface area contributed by atoms with Gasteiger partial charge < -0.3 is 20.5 Å². The van der Waals surface area contributed by atoms with Crippen LogP contribution >= 0.6 is 15.9 Å². The molecule has 30 heavy (non-hydrogen) atoms. The maximum Gasteiger partial charge on any atom is 0.326 e. The Morgan fingerprint density at radius 2 is 1.70 bits per heavy atom. The molecule has 2 rings (SSSR count). The van der Waals surface area contributed by atoms with E-state index in [0.717, 1.165) is 4.47 Å². The number of para-hydroxylation sites is 1. The van der Waals surface area contributed by atoms with Crippen LogP contribution in [0.1, 0.15) is 29.8 Å². The molecule has 3 N–H and O–H groups in total. The lowest BCUT2D eigenvalue weighted by molar-refractivity contribution is -0.142. The van der Waals surface area contributed by atoms with Gasteiger partial charge in [0.15, 0.2) is 0 Å². The Balaban J connectivity index is 2.38. The summed E-state index contributed by atoms with van der Waals surface area (Å²) in [5, 5.41) is 14.4. The Labute approximate surface area is 183 Å². The number of benzene rings is 2. The summed E-state index contributed by atoms with van der Waals surface area (Å²) in [6, 6.07) is 12.6. The second-order valence-corrected chi connectivity index (χ2v) is 7.71. The molecule has 0 aliphatic rings. The van der Waals surface area contributed by atoms with Crippen LogP contribution in [0.3, 0.4) is 0 Å². The van der Waals surface area contributed by atoms with Crippen LogP contribution in [0.5, 0.6) is 5.75 Å². The average molecular weight is 475 g/mol. The molecule has 1 atom stereocenters. The van der Waals surface area contributed by atoms with Crippen molar-refractivity contribution < 1.29 is 24.2 Å². The number of hydrogen-bond acceptors (Lipinski definition) is 4. The lowest BCUT2D eigenvalue weighted by Crippen LogP contribution is -2.47. The molecule has 2 aromatic carbocycles. The number of carboxylic acid groups (broad SMARTS) is 1. The normalized spacial score (nSPS) is 12.2. The fourth-order valence-electron chi connectivity index (χ4n) is 2.64. The van der Waals surface area contributed by atoms with Gasteiger partial charge in [0.2, 0.25) is 0 Å². The molecular weight excluding hydrogens is 452 g/mol. The van der Waals surface area contributed by atoms with Crippen molar-refractivity contribution in [3.63, 3.8) is 0 Å². The van der Waals surface area contributed by atoms with Crippen molar-refractivity contribution in [1.29, 1.82) is 0 Å². The maximum absolute atomic E-state index is 12.9. The lowest BCUT2D eigenvalue weighted by Gasteiger charge is -2.19. The molecule has 8 heteroatoms. The fraction of sp³-hybridized carbons (Fsp3) is 0.227. The first kappa shape index (κ1) is 23.2. The smallest absolute Gasteiger partial charge is 0.326 e. The lowest BCUT2D eigenvalue weighted by atomic mass is 10.0. The van der Waals surface area contributed by atoms with Gasteiger partial charge in [-0.1, -0.05) is 54.0 Å². The first-order chi connectivity index (χ1) is 14.2. The van der Waals surface area contributed by atoms with Crippen molar-refractivity contribution >= 4 is 39.8 Å². The molecule has 0 spiro atoms. The van der Waals surface area contributed by atoms with Crippen LogP contribution in [0, 0.1) is 5.92 Å². The van der Waals surface area contributed by atoms with E-state index >= 15 is 0 Å². The summed E-state index contributed by atoms with van der Waals surface area (Å²) < 4.78 is 6.06. The number of carbonyl (C=O) groups is 3. The van der Waals surface area contributed by atoms with Crippen molar-refractivity contribution in [2.45, 2.75) is 19.9 Å². The summed E-state index contributed by atoms with van der Waals surface area (Å²) in [6.45, 7) is 3.37. The molecule has 0 bridgehead atoms. The number of ether oxygens (including phenoxy) is 1. The van der Waals surface area contributed by atoms with Crippen LogP contribution < -0.4 is 15.4 Å². The fourth-order valence-corrected chi connectivity index (χ4v) is 2.90. The van der Waals surface area contributed by atoms with Gasteiger partial charge in [-0.15, -0.1) is 0 Å². The summed E-state index contributed by atoms with van der Waals surface area (Å²) in [5.41, 5.74) is 0.813. The Morgan fingerprint density at radius 1 is 1.07 bits per heavy atom. The summed E-state index contributed by atoms with van der Waals surface area (Å²) in [5.74, 6) is -2.41. The summed E-state index contributed by atoms with van der Waals surface area (Å²) >= 11 is 3.34. The highest BCUT2D eigenvalue weighted by Crippen LogP contribution is 2.18. The van der Waals surface area contributed by atoms with Crippen molar-refractivity contribution in [1.82, 2.24) is 10.6 Å². The Bertz CT molecular complexity index is 954. The summed E-state index contributed by atoms with van der Waals surface area (Å²) in [6.07, 6.45) is 1.48. The van der Waals surface area contributed by atoms with Gasteiger partial charge in [-0.05, 0) is 41.8 Å². The van der Waals surface area contributed by atoms with E-state index in [-0.39, 0.29) is 17.2 Å². The van der Waals surface area contributed by atoms with Crippen molar-refractivity contribution in [2.75, 3.05) is 7.11 Å². The van der Waals surface area contributed by atoms with Crippen molar-refractivity contribution in [3.8, 4) is 5.75 Å². The molecule has 0 saturated heterocycles. The third-order valence-electron chi connectivity index (χ3n) is 4.24. The minimum absolute atomic E-state index is 0.0832. The number of carbonyl (C=O) groups excluding carboxylic acids is 2. The number of methoxy groups -OCH3 is 1. The Hall–Kier alpha value is -3.13. The van der Waals surface area contributed by atoms with Crippen molar-refractivity contribution in [2.24, 2.45) is 5.92 Å². The number of rotatable bonds is 8. The molecule has 1 unspecified atom stereocenters. The number of carboxylic acids is 1. The molecule has 7 nitrogen and oxygen atoms in total. The zero-order valence-corrected chi connectivity index (χ0v) is 18.4. The van der Waals surface area contributed by atoms with E-state index in [1.54, 1.807) is 62.4 Å². The molecular formula is C22H23BrN2O5. The number of amides is 2. The number of nitrogens with one attached hydrogen (secondary N) is 2. The highest BCUT2D eigenvalue weighted by molar-refractivity contribution is 9.10. The van der Waals surface area contributed by atoms with E-state index in [9.17, 15) is 19.5 Å². The summed E-state index contributed by atoms with van der Waals surface area (Å²) in [4.78, 5) is 37.1. The maximum atomic E-state index is 12.9. The van der Waals surface area contributed by atoms with Gasteiger partial charge in [-0.25, -0.2) is 4.79 Å². The van der Waals surface area contributed by atoms with Crippen molar-refractivity contribution in [3.05, 3.63) is 69.8 Å². The molecule has 2 amide bonds. The number of hydrogen-bond donors (Lipinski definition) is 3. The molecule has 0 radical (unpaired) electrons. The van der Waals surface area contributed by atoms with Crippen LogP contribution in [0.4, 0.5) is 0 Å². The minimum atomic E-state index is -1.16.